The van der Waals surface area contributed by atoms with Crippen molar-refractivity contribution in [1.82, 2.24) is 9.55 Å². The maximum Gasteiger partial charge on any atom is 0.335 e. The van der Waals surface area contributed by atoms with Gasteiger partial charge in [0.05, 0.1) is 35.6 Å². The molecule has 0 aliphatic heterocycles. The number of benzene rings is 1. The Morgan fingerprint density at radius 2 is 2.31 bits per heavy atom. The lowest BCUT2D eigenvalue weighted by Gasteiger charge is -2.10. The van der Waals surface area contributed by atoms with Gasteiger partial charge in [-0.15, -0.1) is 0 Å². The molecule has 0 radical (unpaired) electrons. The molecule has 0 amide bonds. The highest BCUT2D eigenvalue weighted by Crippen LogP contribution is 2.18. The number of rotatable bonds is 3. The van der Waals surface area contributed by atoms with Gasteiger partial charge in [0, 0.05) is 0 Å². The maximum atomic E-state index is 10.8. The Hall–Kier alpha value is -1.88. The molecule has 2 aromatic rings. The summed E-state index contributed by atoms with van der Waals surface area (Å²) in [5.41, 5.74) is 1.67. The molecule has 1 aromatic carbocycles. The minimum atomic E-state index is -0.966. The topological polar surface area (TPSA) is 75.3 Å². The zero-order valence-electron chi connectivity index (χ0n) is 8.79. The van der Waals surface area contributed by atoms with E-state index in [-0.39, 0.29) is 18.2 Å². The highest BCUT2D eigenvalue weighted by Gasteiger charge is 2.11. The van der Waals surface area contributed by atoms with E-state index in [1.54, 1.807) is 23.0 Å². The third kappa shape index (κ3) is 1.65. The summed E-state index contributed by atoms with van der Waals surface area (Å²) in [6.07, 6.45) is 1.61. The fourth-order valence-corrected chi connectivity index (χ4v) is 1.60. The first-order chi connectivity index (χ1) is 7.63. The molecule has 0 bridgehead atoms. The van der Waals surface area contributed by atoms with Crippen molar-refractivity contribution in [2.24, 2.45) is 0 Å². The van der Waals surface area contributed by atoms with Gasteiger partial charge >= 0.3 is 5.97 Å². The van der Waals surface area contributed by atoms with Gasteiger partial charge in [-0.25, -0.2) is 9.78 Å². The predicted molar refractivity (Wildman–Crippen MR) is 58.5 cm³/mol. The first-order valence-electron chi connectivity index (χ1n) is 4.94. The van der Waals surface area contributed by atoms with Crippen LogP contribution in [0, 0.1) is 0 Å². The number of hydrogen-bond acceptors (Lipinski definition) is 3. The Kier molecular flexibility index (Phi) is 2.62. The SMILES string of the molecule is CC(CO)n1cnc2ccc(C(=O)O)cc21. The van der Waals surface area contributed by atoms with Crippen LogP contribution in [0.5, 0.6) is 0 Å². The van der Waals surface area contributed by atoms with Crippen LogP contribution >= 0.6 is 0 Å². The summed E-state index contributed by atoms with van der Waals surface area (Å²) in [5.74, 6) is -0.966. The summed E-state index contributed by atoms with van der Waals surface area (Å²) in [7, 11) is 0. The Labute approximate surface area is 92.0 Å². The van der Waals surface area contributed by atoms with E-state index < -0.39 is 5.97 Å². The molecule has 5 nitrogen and oxygen atoms in total. The Morgan fingerprint density at radius 3 is 2.94 bits per heavy atom. The number of hydrogen-bond donors (Lipinski definition) is 2. The molecule has 84 valence electrons. The molecular weight excluding hydrogens is 208 g/mol. The van der Waals surface area contributed by atoms with Gasteiger partial charge in [-0.2, -0.15) is 0 Å². The number of carboxylic acids is 1. The van der Waals surface area contributed by atoms with Gasteiger partial charge in [-0.3, -0.25) is 0 Å². The van der Waals surface area contributed by atoms with Gasteiger partial charge in [0.15, 0.2) is 0 Å². The van der Waals surface area contributed by atoms with Crippen molar-refractivity contribution in [1.29, 1.82) is 0 Å². The molecule has 0 aliphatic rings. The van der Waals surface area contributed by atoms with Crippen molar-refractivity contribution in [2.75, 3.05) is 6.61 Å². The highest BCUT2D eigenvalue weighted by molar-refractivity contribution is 5.92. The smallest absolute Gasteiger partial charge is 0.335 e. The molecule has 2 rings (SSSR count). The lowest BCUT2D eigenvalue weighted by atomic mass is 10.2. The highest BCUT2D eigenvalue weighted by atomic mass is 16.4. The normalized spacial score (nSPS) is 12.9. The number of imidazole rings is 1. The van der Waals surface area contributed by atoms with Crippen molar-refractivity contribution in [3.63, 3.8) is 0 Å². The average Bonchev–Trinajstić information content (AvgIpc) is 2.70. The summed E-state index contributed by atoms with van der Waals surface area (Å²) in [6, 6.07) is 4.64. The molecule has 0 spiro atoms. The minimum absolute atomic E-state index is 0.0112. The fraction of sp³-hybridized carbons (Fsp3) is 0.273. The van der Waals surface area contributed by atoms with E-state index in [9.17, 15) is 4.79 Å². The number of nitrogens with zero attached hydrogens (tertiary/aromatic N) is 2. The molecule has 2 N–H and O–H groups in total. The molecule has 0 saturated heterocycles. The molecule has 0 aliphatic carbocycles. The van der Waals surface area contributed by atoms with Crippen molar-refractivity contribution < 1.29 is 15.0 Å². The summed E-state index contributed by atoms with van der Waals surface area (Å²) in [6.45, 7) is 1.83. The van der Waals surface area contributed by atoms with Crippen LogP contribution in [0.15, 0.2) is 24.5 Å². The van der Waals surface area contributed by atoms with Gasteiger partial charge in [-0.1, -0.05) is 0 Å². The standard InChI is InChI=1S/C11H12N2O3/c1-7(5-14)13-6-12-9-3-2-8(11(15)16)4-10(9)13/h2-4,6-7,14H,5H2,1H3,(H,15,16). The monoisotopic (exact) mass is 220 g/mol. The quantitative estimate of drug-likeness (QED) is 0.817. The number of aromatic nitrogens is 2. The van der Waals surface area contributed by atoms with Crippen LogP contribution in [0.1, 0.15) is 23.3 Å². The molecule has 16 heavy (non-hydrogen) atoms. The first kappa shape index (κ1) is 10.6. The number of aliphatic hydroxyl groups is 1. The maximum absolute atomic E-state index is 10.8. The third-order valence-corrected chi connectivity index (χ3v) is 2.56. The van der Waals surface area contributed by atoms with Crippen LogP contribution in [0.4, 0.5) is 0 Å². The molecule has 0 fully saturated rings. The van der Waals surface area contributed by atoms with Crippen molar-refractivity contribution in [3.05, 3.63) is 30.1 Å². The van der Waals surface area contributed by atoms with Crippen LogP contribution in [0.25, 0.3) is 11.0 Å². The molecule has 0 saturated carbocycles. The van der Waals surface area contributed by atoms with Crippen LogP contribution < -0.4 is 0 Å². The Balaban J connectivity index is 2.60. The summed E-state index contributed by atoms with van der Waals surface area (Å²) >= 11 is 0. The average molecular weight is 220 g/mol. The lowest BCUT2D eigenvalue weighted by molar-refractivity contribution is 0.0697. The minimum Gasteiger partial charge on any atom is -0.478 e. The summed E-state index contributed by atoms with van der Waals surface area (Å²) < 4.78 is 1.77. The predicted octanol–water partition coefficient (Wildman–Crippen LogP) is 1.29. The van der Waals surface area contributed by atoms with Gasteiger partial charge in [0.25, 0.3) is 0 Å². The zero-order valence-corrected chi connectivity index (χ0v) is 8.79. The van der Waals surface area contributed by atoms with Crippen LogP contribution in [0.3, 0.4) is 0 Å². The number of aliphatic hydroxyl groups excluding tert-OH is 1. The van der Waals surface area contributed by atoms with E-state index in [0.717, 1.165) is 11.0 Å². The fourth-order valence-electron chi connectivity index (χ4n) is 1.60. The second-order valence-electron chi connectivity index (χ2n) is 3.69. The van der Waals surface area contributed by atoms with E-state index in [1.165, 1.54) is 6.07 Å². The van der Waals surface area contributed by atoms with E-state index in [1.807, 2.05) is 6.92 Å². The van der Waals surface area contributed by atoms with E-state index in [4.69, 9.17) is 10.2 Å². The van der Waals surface area contributed by atoms with Gasteiger partial charge < -0.3 is 14.8 Å². The van der Waals surface area contributed by atoms with Crippen LogP contribution in [-0.4, -0.2) is 32.3 Å². The second kappa shape index (κ2) is 3.94. The molecule has 1 atom stereocenters. The third-order valence-electron chi connectivity index (χ3n) is 2.56. The number of aromatic carboxylic acids is 1. The summed E-state index contributed by atoms with van der Waals surface area (Å²) in [5, 5.41) is 18.0. The van der Waals surface area contributed by atoms with Crippen molar-refractivity contribution in [3.8, 4) is 0 Å². The number of carboxylic acid groups (broad SMARTS) is 1. The van der Waals surface area contributed by atoms with Gasteiger partial charge in [-0.05, 0) is 25.1 Å². The second-order valence-corrected chi connectivity index (χ2v) is 3.69. The van der Waals surface area contributed by atoms with E-state index in [0.29, 0.717) is 0 Å². The molecule has 5 heteroatoms. The Morgan fingerprint density at radius 1 is 1.56 bits per heavy atom. The van der Waals surface area contributed by atoms with Gasteiger partial charge in [0.2, 0.25) is 0 Å². The molecule has 1 aromatic heterocycles. The lowest BCUT2D eigenvalue weighted by Crippen LogP contribution is -2.08. The van der Waals surface area contributed by atoms with Gasteiger partial charge in [0.1, 0.15) is 0 Å². The summed E-state index contributed by atoms with van der Waals surface area (Å²) in [4.78, 5) is 15.0. The van der Waals surface area contributed by atoms with E-state index >= 15 is 0 Å². The van der Waals surface area contributed by atoms with E-state index in [2.05, 4.69) is 4.98 Å². The largest absolute Gasteiger partial charge is 0.478 e. The first-order valence-corrected chi connectivity index (χ1v) is 4.94. The number of fused-ring (bicyclic) bond motifs is 1. The molecular formula is C11H12N2O3. The molecule has 1 heterocycles. The van der Waals surface area contributed by atoms with Crippen LogP contribution in [-0.2, 0) is 0 Å². The van der Waals surface area contributed by atoms with Crippen molar-refractivity contribution in [2.45, 2.75) is 13.0 Å². The van der Waals surface area contributed by atoms with Crippen molar-refractivity contribution >= 4 is 17.0 Å². The van der Waals surface area contributed by atoms with Crippen LogP contribution in [0.2, 0.25) is 0 Å². The molecule has 1 unspecified atom stereocenters. The number of carbonyl (C=O) groups is 1. The zero-order chi connectivity index (χ0) is 11.7. The Bertz CT molecular complexity index is 533.